The van der Waals surface area contributed by atoms with E-state index in [1.165, 1.54) is 0 Å². The lowest BCUT2D eigenvalue weighted by Gasteiger charge is -2.26. The van der Waals surface area contributed by atoms with Crippen LogP contribution in [0.25, 0.3) is 4.85 Å². The van der Waals surface area contributed by atoms with Crippen LogP contribution >= 0.6 is 0 Å². The summed E-state index contributed by atoms with van der Waals surface area (Å²) in [7, 11) is 0. The fourth-order valence-electron chi connectivity index (χ4n) is 1.16. The van der Waals surface area contributed by atoms with Crippen LogP contribution in [0, 0.1) is 6.57 Å². The van der Waals surface area contributed by atoms with Gasteiger partial charge in [-0.15, -0.1) is 0 Å². The zero-order valence-corrected chi connectivity index (χ0v) is 7.62. The van der Waals surface area contributed by atoms with E-state index >= 15 is 0 Å². The van der Waals surface area contributed by atoms with Crippen LogP contribution in [0.3, 0.4) is 0 Å². The maximum Gasteiger partial charge on any atom is 0.252 e. The predicted molar refractivity (Wildman–Crippen MR) is 47.8 cm³/mol. The van der Waals surface area contributed by atoms with Crippen molar-refractivity contribution in [3.8, 4) is 0 Å². The zero-order valence-electron chi connectivity index (χ0n) is 7.62. The van der Waals surface area contributed by atoms with Crippen LogP contribution in [-0.2, 0) is 9.53 Å². The molecule has 0 aromatic carbocycles. The minimum Gasteiger partial charge on any atom is -0.378 e. The predicted octanol–water partition coefficient (Wildman–Crippen LogP) is 0.668. The molecule has 0 bridgehead atoms. The molecule has 70 valence electrons. The summed E-state index contributed by atoms with van der Waals surface area (Å²) in [4.78, 5) is 16.4. The van der Waals surface area contributed by atoms with E-state index in [4.69, 9.17) is 11.3 Å². The molecule has 4 heteroatoms. The summed E-state index contributed by atoms with van der Waals surface area (Å²) < 4.78 is 5.11. The minimum absolute atomic E-state index is 0.180. The lowest BCUT2D eigenvalue weighted by atomic mass is 10.3. The van der Waals surface area contributed by atoms with Gasteiger partial charge in [-0.05, 0) is 0 Å². The Kier molecular flexibility index (Phi) is 3.47. The van der Waals surface area contributed by atoms with Crippen molar-refractivity contribution in [2.24, 2.45) is 0 Å². The van der Waals surface area contributed by atoms with Gasteiger partial charge in [-0.1, -0.05) is 13.0 Å². The van der Waals surface area contributed by atoms with E-state index in [2.05, 4.69) is 4.85 Å². The minimum atomic E-state index is -0.180. The summed E-state index contributed by atoms with van der Waals surface area (Å²) in [6.07, 6.45) is 1.55. The monoisotopic (exact) mass is 180 g/mol. The third-order valence-corrected chi connectivity index (χ3v) is 1.91. The second kappa shape index (κ2) is 4.63. The number of hydrogen-bond donors (Lipinski definition) is 0. The molecular weight excluding hydrogens is 168 g/mol. The van der Waals surface area contributed by atoms with Crippen LogP contribution in [0.4, 0.5) is 0 Å². The van der Waals surface area contributed by atoms with E-state index < -0.39 is 0 Å². The molecule has 0 saturated carbocycles. The van der Waals surface area contributed by atoms with E-state index in [0.717, 1.165) is 0 Å². The number of carbonyl (C=O) groups excluding carboxylic acids is 1. The van der Waals surface area contributed by atoms with Crippen molar-refractivity contribution < 1.29 is 9.53 Å². The van der Waals surface area contributed by atoms with Crippen molar-refractivity contribution in [3.05, 3.63) is 23.2 Å². The van der Waals surface area contributed by atoms with Crippen LogP contribution < -0.4 is 0 Å². The lowest BCUT2D eigenvalue weighted by Crippen LogP contribution is -2.41. The standard InChI is InChI=1S/C9H12N2O2/c1-3-8(10-2)9(12)11-4-6-13-7-5-11/h3H,4-7H2,1H3. The third-order valence-electron chi connectivity index (χ3n) is 1.91. The Labute approximate surface area is 77.6 Å². The van der Waals surface area contributed by atoms with Gasteiger partial charge in [-0.3, -0.25) is 4.79 Å². The molecule has 1 fully saturated rings. The van der Waals surface area contributed by atoms with Crippen LogP contribution in [-0.4, -0.2) is 37.1 Å². The van der Waals surface area contributed by atoms with Gasteiger partial charge >= 0.3 is 0 Å². The molecule has 1 saturated heterocycles. The van der Waals surface area contributed by atoms with Gasteiger partial charge in [0.25, 0.3) is 5.91 Å². The highest BCUT2D eigenvalue weighted by atomic mass is 16.5. The van der Waals surface area contributed by atoms with Crippen LogP contribution in [0.5, 0.6) is 0 Å². The number of rotatable bonds is 1. The molecule has 0 atom stereocenters. The number of hydrogen-bond acceptors (Lipinski definition) is 2. The summed E-state index contributed by atoms with van der Waals surface area (Å²) in [5.74, 6) is -0.180. The number of allylic oxidation sites excluding steroid dienone is 1. The lowest BCUT2D eigenvalue weighted by molar-refractivity contribution is -0.130. The van der Waals surface area contributed by atoms with E-state index in [9.17, 15) is 4.79 Å². The molecule has 1 heterocycles. The fourth-order valence-corrected chi connectivity index (χ4v) is 1.16. The largest absolute Gasteiger partial charge is 0.378 e. The Balaban J connectivity index is 2.61. The molecule has 0 aromatic heterocycles. The van der Waals surface area contributed by atoms with Gasteiger partial charge in [-0.2, -0.15) is 0 Å². The molecule has 1 rings (SSSR count). The Morgan fingerprint density at radius 3 is 2.62 bits per heavy atom. The van der Waals surface area contributed by atoms with E-state index in [1.54, 1.807) is 17.9 Å². The maximum atomic E-state index is 11.5. The average Bonchev–Trinajstić information content (AvgIpc) is 2.21. The van der Waals surface area contributed by atoms with Gasteiger partial charge in [0.05, 0.1) is 19.8 Å². The molecule has 0 radical (unpaired) electrons. The number of nitrogens with zero attached hydrogens (tertiary/aromatic N) is 2. The third kappa shape index (κ3) is 2.30. The van der Waals surface area contributed by atoms with E-state index in [-0.39, 0.29) is 11.6 Å². The maximum absolute atomic E-state index is 11.5. The number of carbonyl (C=O) groups is 1. The fraction of sp³-hybridized carbons (Fsp3) is 0.556. The van der Waals surface area contributed by atoms with Gasteiger partial charge < -0.3 is 9.64 Å². The second-order valence-corrected chi connectivity index (χ2v) is 2.69. The first-order valence-electron chi connectivity index (χ1n) is 4.20. The SMILES string of the molecule is [C-]#[N+]C(=CC)C(=O)N1CCOCC1. The molecule has 0 aliphatic carbocycles. The number of morpholine rings is 1. The van der Waals surface area contributed by atoms with Crippen LogP contribution in [0.1, 0.15) is 6.92 Å². The van der Waals surface area contributed by atoms with Gasteiger partial charge in [0.1, 0.15) is 0 Å². The average molecular weight is 180 g/mol. The van der Waals surface area contributed by atoms with Crippen molar-refractivity contribution in [1.82, 2.24) is 4.90 Å². The molecule has 13 heavy (non-hydrogen) atoms. The summed E-state index contributed by atoms with van der Waals surface area (Å²) >= 11 is 0. The zero-order chi connectivity index (χ0) is 9.68. The highest BCUT2D eigenvalue weighted by Crippen LogP contribution is 2.05. The molecule has 0 aromatic rings. The molecule has 0 N–H and O–H groups in total. The topological polar surface area (TPSA) is 33.9 Å². The van der Waals surface area contributed by atoms with Gasteiger partial charge in [0, 0.05) is 13.1 Å². The van der Waals surface area contributed by atoms with Crippen LogP contribution in [0.2, 0.25) is 0 Å². The molecule has 1 aliphatic heterocycles. The smallest absolute Gasteiger partial charge is 0.252 e. The summed E-state index contributed by atoms with van der Waals surface area (Å²) in [5.41, 5.74) is 0.196. The van der Waals surface area contributed by atoms with Crippen molar-refractivity contribution in [1.29, 1.82) is 0 Å². The van der Waals surface area contributed by atoms with E-state index in [0.29, 0.717) is 26.3 Å². The van der Waals surface area contributed by atoms with Crippen molar-refractivity contribution in [2.75, 3.05) is 26.3 Å². The van der Waals surface area contributed by atoms with Crippen molar-refractivity contribution in [3.63, 3.8) is 0 Å². The van der Waals surface area contributed by atoms with Gasteiger partial charge in [0.2, 0.25) is 5.70 Å². The molecule has 0 spiro atoms. The van der Waals surface area contributed by atoms with Crippen LogP contribution in [0.15, 0.2) is 11.8 Å². The highest BCUT2D eigenvalue weighted by Gasteiger charge is 2.19. The first kappa shape index (κ1) is 9.75. The first-order valence-corrected chi connectivity index (χ1v) is 4.20. The summed E-state index contributed by atoms with van der Waals surface area (Å²) in [6, 6.07) is 0. The molecule has 1 amide bonds. The Morgan fingerprint density at radius 1 is 1.54 bits per heavy atom. The van der Waals surface area contributed by atoms with Gasteiger partial charge in [0.15, 0.2) is 0 Å². The highest BCUT2D eigenvalue weighted by molar-refractivity contribution is 5.95. The second-order valence-electron chi connectivity index (χ2n) is 2.69. The van der Waals surface area contributed by atoms with Crippen molar-refractivity contribution in [2.45, 2.75) is 6.92 Å². The first-order chi connectivity index (χ1) is 6.29. The van der Waals surface area contributed by atoms with Crippen molar-refractivity contribution >= 4 is 5.91 Å². The molecular formula is C9H12N2O2. The van der Waals surface area contributed by atoms with Gasteiger partial charge in [-0.25, -0.2) is 4.85 Å². The Hall–Kier alpha value is -1.34. The summed E-state index contributed by atoms with van der Waals surface area (Å²) in [5, 5.41) is 0. The molecule has 4 nitrogen and oxygen atoms in total. The summed E-state index contributed by atoms with van der Waals surface area (Å²) in [6.45, 7) is 10.8. The normalized spacial score (nSPS) is 18.2. The number of ether oxygens (including phenoxy) is 1. The molecule has 1 aliphatic rings. The quantitative estimate of drug-likeness (QED) is 0.439. The Morgan fingerprint density at radius 2 is 2.15 bits per heavy atom. The van der Waals surface area contributed by atoms with E-state index in [1.807, 2.05) is 0 Å². The number of amides is 1. The Bertz CT molecular complexity index is 259. The molecule has 0 unspecified atom stereocenters.